The fourth-order valence-electron chi connectivity index (χ4n) is 2.95. The van der Waals surface area contributed by atoms with Gasteiger partial charge in [-0.1, -0.05) is 6.92 Å². The topological polar surface area (TPSA) is 73.2 Å². The molecule has 1 fully saturated rings. The molecule has 0 unspecified atom stereocenters. The van der Waals surface area contributed by atoms with Gasteiger partial charge in [0.05, 0.1) is 16.5 Å². The minimum atomic E-state index is -3.52. The lowest BCUT2D eigenvalue weighted by Gasteiger charge is -2.34. The molecule has 0 bridgehead atoms. The molecular weight excluding hydrogens is 334 g/mol. The lowest BCUT2D eigenvalue weighted by Crippen LogP contribution is -2.46. The highest BCUT2D eigenvalue weighted by atomic mass is 35.5. The van der Waals surface area contributed by atoms with Crippen LogP contribution in [0.2, 0.25) is 0 Å². The zero-order chi connectivity index (χ0) is 16.2. The number of hydrogen-bond donors (Lipinski definition) is 1. The number of nitrogens with zero attached hydrogens (tertiary/aromatic N) is 2. The van der Waals surface area contributed by atoms with E-state index >= 15 is 0 Å². The van der Waals surface area contributed by atoms with E-state index in [4.69, 9.17) is 5.26 Å². The van der Waals surface area contributed by atoms with Gasteiger partial charge in [0.15, 0.2) is 0 Å². The Morgan fingerprint density at radius 1 is 1.35 bits per heavy atom. The normalized spacial score (nSPS) is 15.9. The van der Waals surface area contributed by atoms with Crippen LogP contribution in [0.25, 0.3) is 0 Å². The maximum Gasteiger partial charge on any atom is 0.243 e. The van der Waals surface area contributed by atoms with E-state index in [0.29, 0.717) is 22.6 Å². The van der Waals surface area contributed by atoms with Crippen LogP contribution in [0.15, 0.2) is 23.1 Å². The maximum atomic E-state index is 13.1. The first-order valence-electron chi connectivity index (χ1n) is 7.74. The van der Waals surface area contributed by atoms with E-state index in [2.05, 4.69) is 5.32 Å². The summed E-state index contributed by atoms with van der Waals surface area (Å²) in [7, 11) is -3.52. The molecule has 0 radical (unpaired) electrons. The molecule has 1 N–H and O–H groups in total. The molecule has 1 saturated heterocycles. The van der Waals surface area contributed by atoms with Crippen molar-refractivity contribution in [3.8, 4) is 6.07 Å². The van der Waals surface area contributed by atoms with Gasteiger partial charge in [-0.15, -0.1) is 12.4 Å². The molecule has 2 rings (SSSR count). The summed E-state index contributed by atoms with van der Waals surface area (Å²) >= 11 is 0. The predicted molar refractivity (Wildman–Crippen MR) is 93.2 cm³/mol. The van der Waals surface area contributed by atoms with Crippen LogP contribution in [0, 0.1) is 18.3 Å². The van der Waals surface area contributed by atoms with E-state index in [1.165, 1.54) is 0 Å². The quantitative estimate of drug-likeness (QED) is 0.878. The summed E-state index contributed by atoms with van der Waals surface area (Å²) in [4.78, 5) is 0.318. The summed E-state index contributed by atoms with van der Waals surface area (Å²) in [6.45, 7) is 5.99. The average Bonchev–Trinajstić information content (AvgIpc) is 2.52. The Kier molecular flexibility index (Phi) is 7.49. The van der Waals surface area contributed by atoms with Gasteiger partial charge in [-0.25, -0.2) is 8.42 Å². The molecule has 1 aromatic carbocycles. The van der Waals surface area contributed by atoms with Crippen molar-refractivity contribution < 1.29 is 8.42 Å². The van der Waals surface area contributed by atoms with Crippen LogP contribution in [-0.2, 0) is 10.0 Å². The highest BCUT2D eigenvalue weighted by Gasteiger charge is 2.32. The van der Waals surface area contributed by atoms with Crippen molar-refractivity contribution >= 4 is 22.4 Å². The number of rotatable bonds is 5. The van der Waals surface area contributed by atoms with Gasteiger partial charge in [0.2, 0.25) is 10.0 Å². The van der Waals surface area contributed by atoms with Crippen LogP contribution in [0.3, 0.4) is 0 Å². The zero-order valence-corrected chi connectivity index (χ0v) is 15.2. The van der Waals surface area contributed by atoms with Crippen molar-refractivity contribution in [3.63, 3.8) is 0 Å². The Morgan fingerprint density at radius 2 is 2.00 bits per heavy atom. The minimum absolute atomic E-state index is 0. The maximum absolute atomic E-state index is 13.1. The Balaban J connectivity index is 0.00000264. The molecule has 0 spiro atoms. The fourth-order valence-corrected chi connectivity index (χ4v) is 4.93. The van der Waals surface area contributed by atoms with Gasteiger partial charge in [0.25, 0.3) is 0 Å². The Bertz CT molecular complexity index is 664. The molecule has 23 heavy (non-hydrogen) atoms. The summed E-state index contributed by atoms with van der Waals surface area (Å²) in [6.07, 6.45) is 2.47. The lowest BCUT2D eigenvalue weighted by molar-refractivity contribution is 0.262. The van der Waals surface area contributed by atoms with Crippen molar-refractivity contribution in [1.82, 2.24) is 9.62 Å². The molecule has 128 valence electrons. The molecule has 1 aliphatic heterocycles. The van der Waals surface area contributed by atoms with Crippen LogP contribution < -0.4 is 5.32 Å². The Labute approximate surface area is 145 Å². The highest BCUT2D eigenvalue weighted by molar-refractivity contribution is 7.89. The van der Waals surface area contributed by atoms with Gasteiger partial charge < -0.3 is 5.32 Å². The third-order valence-electron chi connectivity index (χ3n) is 4.05. The molecular formula is C16H24ClN3O2S. The van der Waals surface area contributed by atoms with Crippen LogP contribution in [0.5, 0.6) is 0 Å². The van der Waals surface area contributed by atoms with E-state index in [1.54, 1.807) is 29.4 Å². The number of halogens is 1. The number of benzene rings is 1. The van der Waals surface area contributed by atoms with Crippen LogP contribution in [-0.4, -0.2) is 38.4 Å². The number of sulfonamides is 1. The largest absolute Gasteiger partial charge is 0.317 e. The third-order valence-corrected chi connectivity index (χ3v) is 6.16. The lowest BCUT2D eigenvalue weighted by atomic mass is 10.1. The molecule has 0 aliphatic carbocycles. The summed E-state index contributed by atoms with van der Waals surface area (Å²) in [6, 6.07) is 6.88. The van der Waals surface area contributed by atoms with Crippen molar-refractivity contribution in [2.75, 3.05) is 19.6 Å². The second-order valence-electron chi connectivity index (χ2n) is 5.69. The number of hydrogen-bond acceptors (Lipinski definition) is 4. The summed E-state index contributed by atoms with van der Waals surface area (Å²) < 4.78 is 27.8. The van der Waals surface area contributed by atoms with E-state index in [1.807, 2.05) is 13.0 Å². The molecule has 7 heteroatoms. The van der Waals surface area contributed by atoms with Crippen molar-refractivity contribution in [2.24, 2.45) is 0 Å². The van der Waals surface area contributed by atoms with E-state index < -0.39 is 10.0 Å². The molecule has 0 atom stereocenters. The van der Waals surface area contributed by atoms with Gasteiger partial charge in [-0.05, 0) is 63.0 Å². The second-order valence-corrected chi connectivity index (χ2v) is 7.55. The Morgan fingerprint density at radius 3 is 2.52 bits per heavy atom. The van der Waals surface area contributed by atoms with Gasteiger partial charge in [-0.3, -0.25) is 0 Å². The first-order chi connectivity index (χ1) is 10.5. The van der Waals surface area contributed by atoms with Gasteiger partial charge in [0.1, 0.15) is 0 Å². The van der Waals surface area contributed by atoms with Crippen molar-refractivity contribution in [1.29, 1.82) is 5.26 Å². The van der Waals surface area contributed by atoms with Crippen LogP contribution in [0.4, 0.5) is 0 Å². The van der Waals surface area contributed by atoms with Gasteiger partial charge in [0, 0.05) is 12.6 Å². The third kappa shape index (κ3) is 4.45. The van der Waals surface area contributed by atoms with Crippen molar-refractivity contribution in [2.45, 2.75) is 44.0 Å². The first-order valence-corrected chi connectivity index (χ1v) is 9.18. The number of nitrogens with one attached hydrogen (secondary N) is 1. The monoisotopic (exact) mass is 357 g/mol. The summed E-state index contributed by atoms with van der Waals surface area (Å²) in [5.74, 6) is 0. The highest BCUT2D eigenvalue weighted by Crippen LogP contribution is 2.25. The Hall–Kier alpha value is -1.13. The smallest absolute Gasteiger partial charge is 0.243 e. The average molecular weight is 358 g/mol. The SMILES string of the molecule is CCCN(C1CCNCC1)S(=O)(=O)c1ccc(C#N)cc1C.Cl. The van der Waals surface area contributed by atoms with Crippen LogP contribution >= 0.6 is 12.4 Å². The molecule has 1 aromatic rings. The molecule has 0 amide bonds. The molecule has 1 heterocycles. The molecule has 0 saturated carbocycles. The predicted octanol–water partition coefficient (Wildman–Crippen LogP) is 2.44. The first kappa shape index (κ1) is 19.9. The van der Waals surface area contributed by atoms with E-state index in [-0.39, 0.29) is 18.4 Å². The van der Waals surface area contributed by atoms with Gasteiger partial charge >= 0.3 is 0 Å². The number of piperidine rings is 1. The second kappa shape index (κ2) is 8.65. The van der Waals surface area contributed by atoms with E-state index in [0.717, 1.165) is 32.4 Å². The van der Waals surface area contributed by atoms with E-state index in [9.17, 15) is 8.42 Å². The van der Waals surface area contributed by atoms with Crippen molar-refractivity contribution in [3.05, 3.63) is 29.3 Å². The van der Waals surface area contributed by atoms with Gasteiger partial charge in [-0.2, -0.15) is 9.57 Å². The number of nitriles is 1. The summed E-state index contributed by atoms with van der Waals surface area (Å²) in [5, 5.41) is 12.2. The number of aryl methyl sites for hydroxylation is 1. The van der Waals surface area contributed by atoms with Crippen LogP contribution in [0.1, 0.15) is 37.3 Å². The zero-order valence-electron chi connectivity index (χ0n) is 13.6. The summed E-state index contributed by atoms with van der Waals surface area (Å²) in [5.41, 5.74) is 1.12. The molecule has 1 aliphatic rings. The molecule has 0 aromatic heterocycles. The molecule has 5 nitrogen and oxygen atoms in total. The standard InChI is InChI=1S/C16H23N3O2S.ClH/c1-3-10-19(15-6-8-18-9-7-15)22(20,21)16-5-4-14(12-17)11-13(16)2;/h4-5,11,15,18H,3,6-10H2,1-2H3;1H. The minimum Gasteiger partial charge on any atom is -0.317 e. The fraction of sp³-hybridized carbons (Fsp3) is 0.562.